The molecule has 4 aliphatic rings. The van der Waals surface area contributed by atoms with Crippen molar-refractivity contribution in [1.82, 2.24) is 15.1 Å². The lowest BCUT2D eigenvalue weighted by Gasteiger charge is -2.42. The number of anilines is 2. The zero-order valence-electron chi connectivity index (χ0n) is 24.6. The van der Waals surface area contributed by atoms with Gasteiger partial charge in [-0.3, -0.25) is 15.0 Å². The van der Waals surface area contributed by atoms with Crippen molar-refractivity contribution >= 4 is 29.4 Å². The number of likely N-dealkylation sites (tertiary alicyclic amines) is 2. The Morgan fingerprint density at radius 3 is 1.98 bits per heavy atom. The summed E-state index contributed by atoms with van der Waals surface area (Å²) in [7, 11) is 0. The molecule has 4 heterocycles. The number of piperidine rings is 3. The summed E-state index contributed by atoms with van der Waals surface area (Å²) in [5.74, 6) is 2.11. The van der Waals surface area contributed by atoms with Crippen molar-refractivity contribution in [3.63, 3.8) is 0 Å². The van der Waals surface area contributed by atoms with Crippen LogP contribution in [-0.2, 0) is 9.53 Å². The van der Waals surface area contributed by atoms with Crippen LogP contribution in [0.5, 0.6) is 0 Å². The van der Waals surface area contributed by atoms with Gasteiger partial charge in [0, 0.05) is 57.1 Å². The molecule has 1 aromatic rings. The Hall–Kier alpha value is -2.81. The van der Waals surface area contributed by atoms with Crippen LogP contribution in [0.2, 0.25) is 0 Å². The van der Waals surface area contributed by atoms with E-state index in [0.29, 0.717) is 18.9 Å². The summed E-state index contributed by atoms with van der Waals surface area (Å²) in [5.41, 5.74) is 1.62. The molecule has 4 aliphatic heterocycles. The van der Waals surface area contributed by atoms with E-state index in [1.165, 1.54) is 51.0 Å². The molecular weight excluding hydrogens is 506 g/mol. The quantitative estimate of drug-likeness (QED) is 0.569. The highest BCUT2D eigenvalue weighted by Gasteiger charge is 2.32. The van der Waals surface area contributed by atoms with Gasteiger partial charge < -0.3 is 19.4 Å². The molecule has 5 rings (SSSR count). The normalized spacial score (nSPS) is 22.9. The lowest BCUT2D eigenvalue weighted by Crippen LogP contribution is -2.49. The molecule has 0 radical (unpaired) electrons. The van der Waals surface area contributed by atoms with Gasteiger partial charge in [-0.05, 0) is 114 Å². The molecule has 40 heavy (non-hydrogen) atoms. The number of ether oxygens (including phenoxy) is 1. The van der Waals surface area contributed by atoms with Crippen molar-refractivity contribution in [1.29, 1.82) is 0 Å². The van der Waals surface area contributed by atoms with Crippen molar-refractivity contribution < 1.29 is 19.1 Å². The van der Waals surface area contributed by atoms with Gasteiger partial charge in [0.2, 0.25) is 5.91 Å². The molecule has 4 amide bonds. The van der Waals surface area contributed by atoms with E-state index in [0.717, 1.165) is 56.5 Å². The van der Waals surface area contributed by atoms with Gasteiger partial charge in [-0.25, -0.2) is 9.59 Å². The monoisotopic (exact) mass is 553 g/mol. The summed E-state index contributed by atoms with van der Waals surface area (Å²) in [6, 6.07) is 7.87. The van der Waals surface area contributed by atoms with Gasteiger partial charge in [-0.15, -0.1) is 0 Å². The summed E-state index contributed by atoms with van der Waals surface area (Å²) in [4.78, 5) is 44.6. The Balaban J connectivity index is 1.01. The highest BCUT2D eigenvalue weighted by molar-refractivity contribution is 6.05. The van der Waals surface area contributed by atoms with E-state index >= 15 is 0 Å². The number of rotatable bonds is 5. The molecule has 9 heteroatoms. The highest BCUT2D eigenvalue weighted by atomic mass is 16.6. The van der Waals surface area contributed by atoms with Gasteiger partial charge in [0.15, 0.2) is 0 Å². The Labute approximate surface area is 239 Å². The number of nitrogens with one attached hydrogen (secondary N) is 1. The molecule has 4 saturated heterocycles. The van der Waals surface area contributed by atoms with Gasteiger partial charge >= 0.3 is 12.1 Å². The highest BCUT2D eigenvalue weighted by Crippen LogP contribution is 2.35. The van der Waals surface area contributed by atoms with Gasteiger partial charge in [-0.1, -0.05) is 0 Å². The van der Waals surface area contributed by atoms with Crippen molar-refractivity contribution in [2.45, 2.75) is 71.3 Å². The summed E-state index contributed by atoms with van der Waals surface area (Å²) in [6.45, 7) is 13.6. The summed E-state index contributed by atoms with van der Waals surface area (Å²) < 4.78 is 5.55. The van der Waals surface area contributed by atoms with Crippen LogP contribution in [0.15, 0.2) is 24.3 Å². The second-order valence-corrected chi connectivity index (χ2v) is 13.1. The second kappa shape index (κ2) is 12.4. The molecule has 1 aromatic carbocycles. The molecule has 1 N–H and O–H groups in total. The fourth-order valence-electron chi connectivity index (χ4n) is 6.88. The van der Waals surface area contributed by atoms with Crippen LogP contribution in [0, 0.1) is 17.8 Å². The minimum absolute atomic E-state index is 0.167. The average Bonchev–Trinajstić information content (AvgIpc) is 2.93. The molecule has 0 spiro atoms. The number of hydrogen-bond donors (Lipinski definition) is 1. The molecule has 0 bridgehead atoms. The number of amides is 4. The van der Waals surface area contributed by atoms with Crippen molar-refractivity contribution in [2.75, 3.05) is 62.2 Å². The Bertz CT molecular complexity index is 1030. The van der Waals surface area contributed by atoms with Crippen LogP contribution in [0.4, 0.5) is 21.0 Å². The third-order valence-electron chi connectivity index (χ3n) is 9.20. The van der Waals surface area contributed by atoms with E-state index in [9.17, 15) is 14.4 Å². The summed E-state index contributed by atoms with van der Waals surface area (Å²) in [5, 5.41) is 2.39. The van der Waals surface area contributed by atoms with Crippen molar-refractivity contribution in [3.05, 3.63) is 24.3 Å². The Kier molecular flexibility index (Phi) is 8.88. The fourth-order valence-corrected chi connectivity index (χ4v) is 6.88. The van der Waals surface area contributed by atoms with Crippen LogP contribution in [-0.4, -0.2) is 85.8 Å². The SMILES string of the molecule is CC(C)(C)OC(=O)N1CCC(CN2CCC(C3CCN(c4ccc(N5CCC(=O)NC5=O)cc4)CC3)CC2)CC1. The maximum Gasteiger partial charge on any atom is 0.410 e. The Morgan fingerprint density at radius 1 is 0.825 bits per heavy atom. The first-order valence-electron chi connectivity index (χ1n) is 15.3. The van der Waals surface area contributed by atoms with E-state index in [1.54, 1.807) is 4.90 Å². The summed E-state index contributed by atoms with van der Waals surface area (Å²) in [6.07, 6.45) is 7.41. The van der Waals surface area contributed by atoms with Crippen LogP contribution in [0.1, 0.15) is 65.7 Å². The number of nitrogens with zero attached hydrogens (tertiary/aromatic N) is 4. The molecule has 0 saturated carbocycles. The van der Waals surface area contributed by atoms with Gasteiger partial charge in [0.25, 0.3) is 0 Å². The predicted molar refractivity (Wildman–Crippen MR) is 157 cm³/mol. The second-order valence-electron chi connectivity index (χ2n) is 13.1. The minimum atomic E-state index is -0.432. The van der Waals surface area contributed by atoms with Gasteiger partial charge in [0.05, 0.1) is 0 Å². The number of carbonyl (C=O) groups is 3. The van der Waals surface area contributed by atoms with Crippen LogP contribution < -0.4 is 15.1 Å². The number of hydrogen-bond acceptors (Lipinski definition) is 6. The summed E-state index contributed by atoms with van der Waals surface area (Å²) >= 11 is 0. The molecular formula is C31H47N5O4. The molecule has 9 nitrogen and oxygen atoms in total. The van der Waals surface area contributed by atoms with E-state index in [2.05, 4.69) is 27.2 Å². The van der Waals surface area contributed by atoms with E-state index in [-0.39, 0.29) is 18.0 Å². The lowest BCUT2D eigenvalue weighted by atomic mass is 9.78. The van der Waals surface area contributed by atoms with E-state index in [1.807, 2.05) is 37.8 Å². The third-order valence-corrected chi connectivity index (χ3v) is 9.20. The molecule has 220 valence electrons. The lowest BCUT2D eigenvalue weighted by molar-refractivity contribution is -0.120. The smallest absolute Gasteiger partial charge is 0.410 e. The predicted octanol–water partition coefficient (Wildman–Crippen LogP) is 4.71. The van der Waals surface area contributed by atoms with Crippen LogP contribution >= 0.6 is 0 Å². The topological polar surface area (TPSA) is 85.4 Å². The number of urea groups is 1. The first-order chi connectivity index (χ1) is 19.1. The third kappa shape index (κ3) is 7.28. The Morgan fingerprint density at radius 2 is 1.40 bits per heavy atom. The largest absolute Gasteiger partial charge is 0.444 e. The first-order valence-corrected chi connectivity index (χ1v) is 15.3. The standard InChI is InChI=1S/C31H47N5O4/c1-31(2,3)40-30(39)35-17-8-23(9-18-35)22-33-15-10-24(11-16-33)25-12-19-34(20-13-25)26-4-6-27(7-5-26)36-21-14-28(37)32-29(36)38/h4-7,23-25H,8-22H2,1-3H3,(H,32,37,38). The zero-order chi connectivity index (χ0) is 28.3. The number of benzene rings is 1. The molecule has 0 aromatic heterocycles. The van der Waals surface area contributed by atoms with Crippen LogP contribution in [0.25, 0.3) is 0 Å². The van der Waals surface area contributed by atoms with Crippen LogP contribution in [0.3, 0.4) is 0 Å². The van der Waals surface area contributed by atoms with E-state index in [4.69, 9.17) is 4.74 Å². The van der Waals surface area contributed by atoms with E-state index < -0.39 is 5.60 Å². The van der Waals surface area contributed by atoms with Gasteiger partial charge in [0.1, 0.15) is 5.60 Å². The first kappa shape index (κ1) is 28.7. The van der Waals surface area contributed by atoms with Crippen molar-refractivity contribution in [2.24, 2.45) is 17.8 Å². The minimum Gasteiger partial charge on any atom is -0.444 e. The number of imide groups is 1. The molecule has 0 atom stereocenters. The maximum atomic E-state index is 12.4. The zero-order valence-corrected chi connectivity index (χ0v) is 24.6. The fraction of sp³-hybridized carbons (Fsp3) is 0.710. The molecule has 0 unspecified atom stereocenters. The number of carbonyl (C=O) groups excluding carboxylic acids is 3. The molecule has 0 aliphatic carbocycles. The van der Waals surface area contributed by atoms with Crippen molar-refractivity contribution in [3.8, 4) is 0 Å². The van der Waals surface area contributed by atoms with Gasteiger partial charge in [-0.2, -0.15) is 0 Å². The molecule has 4 fully saturated rings. The maximum absolute atomic E-state index is 12.4. The average molecular weight is 554 g/mol.